The Bertz CT molecular complexity index is 408. The number of benzene rings is 1. The van der Waals surface area contributed by atoms with Gasteiger partial charge in [0.15, 0.2) is 0 Å². The Morgan fingerprint density at radius 1 is 1.20 bits per heavy atom. The molecule has 0 aromatic heterocycles. The molecule has 1 aromatic rings. The van der Waals surface area contributed by atoms with Crippen molar-refractivity contribution in [2.24, 2.45) is 5.92 Å². The van der Waals surface area contributed by atoms with Crippen molar-refractivity contribution >= 4 is 0 Å². The van der Waals surface area contributed by atoms with Gasteiger partial charge in [-0.1, -0.05) is 51.5 Å². The topological polar surface area (TPSA) is 12.0 Å². The zero-order valence-corrected chi connectivity index (χ0v) is 12.9. The van der Waals surface area contributed by atoms with Crippen molar-refractivity contribution in [3.63, 3.8) is 0 Å². The van der Waals surface area contributed by atoms with Crippen molar-refractivity contribution in [1.82, 2.24) is 5.32 Å². The average Bonchev–Trinajstić information content (AvgIpc) is 2.67. The molecule has 1 aliphatic rings. The number of aryl methyl sites for hydroxylation is 1. The van der Waals surface area contributed by atoms with Crippen LogP contribution in [0.25, 0.3) is 0 Å². The summed E-state index contributed by atoms with van der Waals surface area (Å²) in [4.78, 5) is 0. The first-order chi connectivity index (χ1) is 9.70. The number of nitrogens with one attached hydrogen (secondary N) is 1. The second kappa shape index (κ2) is 7.78. The summed E-state index contributed by atoms with van der Waals surface area (Å²) in [6.45, 7) is 5.14. The van der Waals surface area contributed by atoms with Crippen LogP contribution in [0.1, 0.15) is 69.0 Å². The van der Waals surface area contributed by atoms with Crippen LogP contribution in [0, 0.1) is 18.7 Å². The van der Waals surface area contributed by atoms with E-state index in [1.807, 2.05) is 13.0 Å². The lowest BCUT2D eigenvalue weighted by molar-refractivity contribution is 0.359. The Morgan fingerprint density at radius 3 is 2.50 bits per heavy atom. The molecule has 0 radical (unpaired) electrons. The second-order valence-corrected chi connectivity index (χ2v) is 6.20. The van der Waals surface area contributed by atoms with Gasteiger partial charge in [-0.2, -0.15) is 0 Å². The van der Waals surface area contributed by atoms with Gasteiger partial charge in [0.05, 0.1) is 0 Å². The highest BCUT2D eigenvalue weighted by molar-refractivity contribution is 5.29. The fourth-order valence-electron chi connectivity index (χ4n) is 3.53. The molecule has 2 heteroatoms. The van der Waals surface area contributed by atoms with Crippen LogP contribution in [-0.2, 0) is 0 Å². The third kappa shape index (κ3) is 4.31. The largest absolute Gasteiger partial charge is 0.310 e. The van der Waals surface area contributed by atoms with Crippen LogP contribution in [-0.4, -0.2) is 6.54 Å². The molecule has 0 spiro atoms. The zero-order valence-electron chi connectivity index (χ0n) is 12.9. The van der Waals surface area contributed by atoms with Gasteiger partial charge in [0, 0.05) is 6.04 Å². The molecule has 1 nitrogen and oxygen atoms in total. The van der Waals surface area contributed by atoms with E-state index in [-0.39, 0.29) is 5.82 Å². The van der Waals surface area contributed by atoms with Gasteiger partial charge in [0.25, 0.3) is 0 Å². The highest BCUT2D eigenvalue weighted by Gasteiger charge is 2.20. The van der Waals surface area contributed by atoms with Gasteiger partial charge < -0.3 is 5.32 Å². The van der Waals surface area contributed by atoms with E-state index in [4.69, 9.17) is 0 Å². The van der Waals surface area contributed by atoms with Crippen molar-refractivity contribution in [3.8, 4) is 0 Å². The van der Waals surface area contributed by atoms with Gasteiger partial charge in [-0.05, 0) is 49.1 Å². The average molecular weight is 277 g/mol. The minimum Gasteiger partial charge on any atom is -0.310 e. The van der Waals surface area contributed by atoms with Crippen molar-refractivity contribution in [2.75, 3.05) is 6.54 Å². The molecule has 1 saturated carbocycles. The molecule has 112 valence electrons. The summed E-state index contributed by atoms with van der Waals surface area (Å²) in [5.74, 6) is 0.696. The first kappa shape index (κ1) is 15.5. The molecular weight excluding hydrogens is 249 g/mol. The molecule has 20 heavy (non-hydrogen) atoms. The molecule has 1 fully saturated rings. The van der Waals surface area contributed by atoms with E-state index in [0.29, 0.717) is 6.04 Å². The van der Waals surface area contributed by atoms with Crippen molar-refractivity contribution in [2.45, 2.75) is 64.8 Å². The second-order valence-electron chi connectivity index (χ2n) is 6.20. The van der Waals surface area contributed by atoms with Crippen molar-refractivity contribution in [3.05, 3.63) is 35.1 Å². The summed E-state index contributed by atoms with van der Waals surface area (Å²) in [7, 11) is 0. The quantitative estimate of drug-likeness (QED) is 0.734. The van der Waals surface area contributed by atoms with Crippen LogP contribution in [0.4, 0.5) is 4.39 Å². The van der Waals surface area contributed by atoms with E-state index < -0.39 is 0 Å². The Hall–Kier alpha value is -0.890. The van der Waals surface area contributed by atoms with E-state index in [9.17, 15) is 4.39 Å². The third-order valence-corrected chi connectivity index (χ3v) is 4.60. The zero-order chi connectivity index (χ0) is 14.4. The Labute approximate surface area is 123 Å². The van der Waals surface area contributed by atoms with Gasteiger partial charge >= 0.3 is 0 Å². The Morgan fingerprint density at radius 2 is 1.90 bits per heavy atom. The van der Waals surface area contributed by atoms with E-state index in [1.54, 1.807) is 12.1 Å². The van der Waals surface area contributed by atoms with Crippen LogP contribution in [0.15, 0.2) is 18.2 Å². The maximum atomic E-state index is 13.3. The molecule has 0 saturated heterocycles. The normalized spacial score (nSPS) is 18.8. The summed E-state index contributed by atoms with van der Waals surface area (Å²) in [6, 6.07) is 5.60. The fraction of sp³-hybridized carbons (Fsp3) is 0.667. The van der Waals surface area contributed by atoms with Gasteiger partial charge in [-0.3, -0.25) is 0 Å². The predicted molar refractivity (Wildman–Crippen MR) is 83.4 cm³/mol. The fourth-order valence-corrected chi connectivity index (χ4v) is 3.53. The standard InChI is InChI=1S/C18H28FN/c1-3-20-18(13-15-8-6-4-5-7-9-15)17-11-10-16(19)12-14(17)2/h10-12,15,18,20H,3-9,13H2,1-2H3. The molecule has 1 unspecified atom stereocenters. The first-order valence-corrected chi connectivity index (χ1v) is 8.20. The molecule has 1 aliphatic carbocycles. The third-order valence-electron chi connectivity index (χ3n) is 4.60. The summed E-state index contributed by atoms with van der Waals surface area (Å²) >= 11 is 0. The molecule has 0 amide bonds. The van der Waals surface area contributed by atoms with Crippen LogP contribution < -0.4 is 5.32 Å². The minimum atomic E-state index is -0.129. The number of halogens is 1. The highest BCUT2D eigenvalue weighted by Crippen LogP contribution is 2.32. The summed E-state index contributed by atoms with van der Waals surface area (Å²) in [5, 5.41) is 3.60. The first-order valence-electron chi connectivity index (χ1n) is 8.20. The van der Waals surface area contributed by atoms with Crippen LogP contribution in [0.2, 0.25) is 0 Å². The monoisotopic (exact) mass is 277 g/mol. The lowest BCUT2D eigenvalue weighted by atomic mass is 9.88. The van der Waals surface area contributed by atoms with Crippen molar-refractivity contribution in [1.29, 1.82) is 0 Å². The summed E-state index contributed by atoms with van der Waals surface area (Å²) in [5.41, 5.74) is 2.35. The molecule has 1 atom stereocenters. The van der Waals surface area contributed by atoms with E-state index in [2.05, 4.69) is 12.2 Å². The molecule has 1 aromatic carbocycles. The molecular formula is C18H28FN. The smallest absolute Gasteiger partial charge is 0.123 e. The van der Waals surface area contributed by atoms with E-state index >= 15 is 0 Å². The van der Waals surface area contributed by atoms with Crippen molar-refractivity contribution < 1.29 is 4.39 Å². The predicted octanol–water partition coefficient (Wildman–Crippen LogP) is 5.15. The maximum absolute atomic E-state index is 13.3. The number of rotatable bonds is 5. The molecule has 0 bridgehead atoms. The van der Waals surface area contributed by atoms with Gasteiger partial charge in [-0.25, -0.2) is 4.39 Å². The SMILES string of the molecule is CCNC(CC1CCCCCC1)c1ccc(F)cc1C. The maximum Gasteiger partial charge on any atom is 0.123 e. The molecule has 2 rings (SSSR count). The van der Waals surface area contributed by atoms with Crippen LogP contribution >= 0.6 is 0 Å². The van der Waals surface area contributed by atoms with E-state index in [0.717, 1.165) is 18.0 Å². The van der Waals surface area contributed by atoms with Gasteiger partial charge in [0.1, 0.15) is 5.82 Å². The summed E-state index contributed by atoms with van der Waals surface area (Å²) in [6.07, 6.45) is 9.48. The lowest BCUT2D eigenvalue weighted by Crippen LogP contribution is -2.24. The molecule has 1 N–H and O–H groups in total. The Kier molecular flexibility index (Phi) is 6.03. The van der Waals surface area contributed by atoms with Crippen LogP contribution in [0.3, 0.4) is 0 Å². The lowest BCUT2D eigenvalue weighted by Gasteiger charge is -2.25. The number of hydrogen-bond donors (Lipinski definition) is 1. The van der Waals surface area contributed by atoms with Gasteiger partial charge in [0.2, 0.25) is 0 Å². The summed E-state index contributed by atoms with van der Waals surface area (Å²) < 4.78 is 13.3. The van der Waals surface area contributed by atoms with Crippen LogP contribution in [0.5, 0.6) is 0 Å². The molecule has 0 aliphatic heterocycles. The van der Waals surface area contributed by atoms with Gasteiger partial charge in [-0.15, -0.1) is 0 Å². The molecule has 0 heterocycles. The highest BCUT2D eigenvalue weighted by atomic mass is 19.1. The number of hydrogen-bond acceptors (Lipinski definition) is 1. The minimum absolute atomic E-state index is 0.129. The Balaban J connectivity index is 2.08. The van der Waals surface area contributed by atoms with E-state index in [1.165, 1.54) is 50.5 Å².